The highest BCUT2D eigenvalue weighted by atomic mass is 16.2. The smallest absolute Gasteiger partial charge is 0.223 e. The Morgan fingerprint density at radius 1 is 1.14 bits per heavy atom. The molecular formula is C22H22N4O2. The lowest BCUT2D eigenvalue weighted by molar-refractivity contribution is -0.121. The fraction of sp³-hybridized carbons (Fsp3) is 0.227. The van der Waals surface area contributed by atoms with E-state index < -0.39 is 0 Å². The molecule has 6 heteroatoms. The molecule has 0 aliphatic carbocycles. The summed E-state index contributed by atoms with van der Waals surface area (Å²) in [6, 6.07) is 17.0. The summed E-state index contributed by atoms with van der Waals surface area (Å²) in [6.45, 7) is 2.19. The zero-order valence-corrected chi connectivity index (χ0v) is 15.7. The molecule has 0 aliphatic heterocycles. The first kappa shape index (κ1) is 19.2. The average Bonchev–Trinajstić information content (AvgIpc) is 3.11. The lowest BCUT2D eigenvalue weighted by Crippen LogP contribution is -2.34. The Morgan fingerprint density at radius 3 is 2.68 bits per heavy atom. The van der Waals surface area contributed by atoms with Crippen LogP contribution in [0.15, 0.2) is 54.7 Å². The van der Waals surface area contributed by atoms with Crippen LogP contribution in [-0.4, -0.2) is 29.9 Å². The number of carbonyl (C=O) groups excluding carboxylic acids is 2. The van der Waals surface area contributed by atoms with Crippen LogP contribution < -0.4 is 10.2 Å². The van der Waals surface area contributed by atoms with Crippen LogP contribution in [-0.2, 0) is 16.0 Å². The molecule has 0 aliphatic rings. The number of H-pyrrole nitrogens is 1. The van der Waals surface area contributed by atoms with Gasteiger partial charge in [0.05, 0.1) is 11.3 Å². The summed E-state index contributed by atoms with van der Waals surface area (Å²) in [5.74, 6) is -0.324. The highest BCUT2D eigenvalue weighted by molar-refractivity contribution is 5.93. The molecule has 6 nitrogen and oxygen atoms in total. The van der Waals surface area contributed by atoms with Crippen molar-refractivity contribution in [3.63, 3.8) is 0 Å². The van der Waals surface area contributed by atoms with E-state index in [4.69, 9.17) is 0 Å². The molecule has 0 radical (unpaired) electrons. The number of nitrogens with one attached hydrogen (secondary N) is 2. The first-order chi connectivity index (χ1) is 13.6. The van der Waals surface area contributed by atoms with Crippen molar-refractivity contribution in [2.24, 2.45) is 0 Å². The van der Waals surface area contributed by atoms with Gasteiger partial charge in [-0.3, -0.25) is 9.59 Å². The standard InChI is InChI=1S/C22H22N4O2/c1-16(27)26(21-9-5-2-6-17(21)14-23)13-11-22(28)24-12-10-18-15-25-20-8-4-3-7-19(18)20/h2-9,15,25H,10-13H2,1H3,(H,24,28). The number of hydrogen-bond acceptors (Lipinski definition) is 3. The minimum Gasteiger partial charge on any atom is -0.361 e. The molecule has 0 spiro atoms. The third-order valence-corrected chi connectivity index (χ3v) is 4.65. The van der Waals surface area contributed by atoms with Gasteiger partial charge >= 0.3 is 0 Å². The monoisotopic (exact) mass is 374 g/mol. The predicted octanol–water partition coefficient (Wildman–Crippen LogP) is 3.14. The second kappa shape index (κ2) is 8.87. The molecule has 2 N–H and O–H groups in total. The Hall–Kier alpha value is -3.59. The molecule has 28 heavy (non-hydrogen) atoms. The molecule has 0 unspecified atom stereocenters. The average molecular weight is 374 g/mol. The number of amides is 2. The van der Waals surface area contributed by atoms with Crippen molar-refractivity contribution >= 4 is 28.4 Å². The number of nitrogens with zero attached hydrogens (tertiary/aromatic N) is 2. The van der Waals surface area contributed by atoms with Crippen LogP contribution >= 0.6 is 0 Å². The maximum atomic E-state index is 12.2. The van der Waals surface area contributed by atoms with Gasteiger partial charge in [0.2, 0.25) is 11.8 Å². The Balaban J connectivity index is 1.54. The summed E-state index contributed by atoms with van der Waals surface area (Å²) in [5.41, 5.74) is 3.18. The second-order valence-corrected chi connectivity index (χ2v) is 6.51. The summed E-state index contributed by atoms with van der Waals surface area (Å²) in [6.07, 6.45) is 2.86. The maximum absolute atomic E-state index is 12.2. The van der Waals surface area contributed by atoms with Gasteiger partial charge in [0.15, 0.2) is 0 Å². The van der Waals surface area contributed by atoms with E-state index in [1.54, 1.807) is 24.3 Å². The van der Waals surface area contributed by atoms with Gasteiger partial charge in [-0.05, 0) is 30.2 Å². The molecule has 2 aromatic carbocycles. The number of nitriles is 1. The predicted molar refractivity (Wildman–Crippen MR) is 109 cm³/mol. The van der Waals surface area contributed by atoms with Crippen LogP contribution in [0.5, 0.6) is 0 Å². The number of hydrogen-bond donors (Lipinski definition) is 2. The van der Waals surface area contributed by atoms with Gasteiger partial charge in [-0.15, -0.1) is 0 Å². The number of aromatic amines is 1. The third kappa shape index (κ3) is 4.38. The number of carbonyl (C=O) groups is 2. The number of para-hydroxylation sites is 2. The molecule has 0 saturated heterocycles. The Morgan fingerprint density at radius 2 is 1.89 bits per heavy atom. The van der Waals surface area contributed by atoms with Gasteiger partial charge in [0.25, 0.3) is 0 Å². The Kier molecular flexibility index (Phi) is 6.07. The molecule has 3 rings (SSSR count). The number of anilines is 1. The minimum absolute atomic E-state index is 0.125. The van der Waals surface area contributed by atoms with Crippen molar-refractivity contribution in [2.75, 3.05) is 18.0 Å². The lowest BCUT2D eigenvalue weighted by Gasteiger charge is -2.22. The van der Waals surface area contributed by atoms with Crippen LogP contribution in [0.4, 0.5) is 5.69 Å². The topological polar surface area (TPSA) is 89.0 Å². The number of benzene rings is 2. The van der Waals surface area contributed by atoms with Crippen LogP contribution in [0.1, 0.15) is 24.5 Å². The SMILES string of the molecule is CC(=O)N(CCC(=O)NCCc1c[nH]c2ccccc12)c1ccccc1C#N. The summed E-state index contributed by atoms with van der Waals surface area (Å²) >= 11 is 0. The van der Waals surface area contributed by atoms with Gasteiger partial charge in [-0.2, -0.15) is 5.26 Å². The minimum atomic E-state index is -0.200. The fourth-order valence-corrected chi connectivity index (χ4v) is 3.23. The Labute approximate surface area is 163 Å². The van der Waals surface area contributed by atoms with E-state index in [0.717, 1.165) is 22.9 Å². The highest BCUT2D eigenvalue weighted by Crippen LogP contribution is 2.20. The van der Waals surface area contributed by atoms with E-state index in [0.29, 0.717) is 17.8 Å². The van der Waals surface area contributed by atoms with Crippen molar-refractivity contribution in [1.29, 1.82) is 5.26 Å². The summed E-state index contributed by atoms with van der Waals surface area (Å²) in [4.78, 5) is 28.9. The molecule has 0 saturated carbocycles. The summed E-state index contributed by atoms with van der Waals surface area (Å²) in [5, 5.41) is 13.3. The zero-order chi connectivity index (χ0) is 19.9. The molecule has 0 fully saturated rings. The van der Waals surface area contributed by atoms with Gasteiger partial charge in [0.1, 0.15) is 6.07 Å². The van der Waals surface area contributed by atoms with Gasteiger partial charge in [0, 0.05) is 43.5 Å². The third-order valence-electron chi connectivity index (χ3n) is 4.65. The van der Waals surface area contributed by atoms with Crippen LogP contribution in [0.3, 0.4) is 0 Å². The number of aromatic nitrogens is 1. The van der Waals surface area contributed by atoms with E-state index in [9.17, 15) is 14.9 Å². The van der Waals surface area contributed by atoms with E-state index in [-0.39, 0.29) is 24.8 Å². The molecule has 0 bridgehead atoms. The first-order valence-corrected chi connectivity index (χ1v) is 9.19. The molecule has 1 aromatic heterocycles. The zero-order valence-electron chi connectivity index (χ0n) is 15.7. The summed E-state index contributed by atoms with van der Waals surface area (Å²) in [7, 11) is 0. The fourth-order valence-electron chi connectivity index (χ4n) is 3.23. The quantitative estimate of drug-likeness (QED) is 0.666. The van der Waals surface area contributed by atoms with Crippen molar-refractivity contribution in [2.45, 2.75) is 19.8 Å². The van der Waals surface area contributed by atoms with E-state index in [1.165, 1.54) is 11.8 Å². The van der Waals surface area contributed by atoms with Gasteiger partial charge in [-0.25, -0.2) is 0 Å². The maximum Gasteiger partial charge on any atom is 0.223 e. The van der Waals surface area contributed by atoms with Gasteiger partial charge < -0.3 is 15.2 Å². The second-order valence-electron chi connectivity index (χ2n) is 6.51. The molecule has 3 aromatic rings. The van der Waals surface area contributed by atoms with Crippen molar-refractivity contribution in [3.8, 4) is 6.07 Å². The molecule has 142 valence electrons. The Bertz CT molecular complexity index is 1030. The van der Waals surface area contributed by atoms with Crippen molar-refractivity contribution < 1.29 is 9.59 Å². The normalized spacial score (nSPS) is 10.4. The molecular weight excluding hydrogens is 352 g/mol. The van der Waals surface area contributed by atoms with E-state index in [2.05, 4.69) is 22.4 Å². The van der Waals surface area contributed by atoms with Crippen molar-refractivity contribution in [3.05, 3.63) is 65.9 Å². The first-order valence-electron chi connectivity index (χ1n) is 9.19. The largest absolute Gasteiger partial charge is 0.361 e. The van der Waals surface area contributed by atoms with Crippen LogP contribution in [0.2, 0.25) is 0 Å². The van der Waals surface area contributed by atoms with E-state index >= 15 is 0 Å². The van der Waals surface area contributed by atoms with Crippen LogP contribution in [0, 0.1) is 11.3 Å². The highest BCUT2D eigenvalue weighted by Gasteiger charge is 2.16. The van der Waals surface area contributed by atoms with Crippen molar-refractivity contribution in [1.82, 2.24) is 10.3 Å². The number of fused-ring (bicyclic) bond motifs is 1. The van der Waals surface area contributed by atoms with Crippen LogP contribution in [0.25, 0.3) is 10.9 Å². The molecule has 2 amide bonds. The van der Waals surface area contributed by atoms with E-state index in [1.807, 2.05) is 24.4 Å². The summed E-state index contributed by atoms with van der Waals surface area (Å²) < 4.78 is 0. The molecule has 0 atom stereocenters. The molecule has 1 heterocycles. The van der Waals surface area contributed by atoms with Gasteiger partial charge in [-0.1, -0.05) is 30.3 Å². The number of rotatable bonds is 7. The lowest BCUT2D eigenvalue weighted by atomic mass is 10.1.